The van der Waals surface area contributed by atoms with E-state index in [-0.39, 0.29) is 38.2 Å². The van der Waals surface area contributed by atoms with E-state index in [4.69, 9.17) is 19.2 Å². The third-order valence-corrected chi connectivity index (χ3v) is 0. The van der Waals surface area contributed by atoms with Crippen molar-refractivity contribution in [1.82, 2.24) is 0 Å². The Kier molecular flexibility index (Phi) is 5.87. The molecular weight excluding hydrogens is 257 g/mol. The average molecular weight is 257 g/mol. The summed E-state index contributed by atoms with van der Waals surface area (Å²) in [6.07, 6.45) is 0. The first-order chi connectivity index (χ1) is 2.00. The van der Waals surface area contributed by atoms with Gasteiger partial charge in [0.05, 0.1) is 0 Å². The summed E-state index contributed by atoms with van der Waals surface area (Å²) >= 11 is 0. The van der Waals surface area contributed by atoms with Crippen molar-refractivity contribution in [3.63, 3.8) is 0 Å². The molecule has 0 spiro atoms. The third-order valence-electron chi connectivity index (χ3n) is 0. The molecule has 0 unspecified atom stereocenters. The molecule has 1 radical (unpaired) electrons. The zero-order valence-electron chi connectivity index (χ0n) is 2.40. The van der Waals surface area contributed by atoms with E-state index >= 15 is 0 Å². The van der Waals surface area contributed by atoms with E-state index in [0.29, 0.717) is 0 Å². The molecule has 0 bridgehead atoms. The summed E-state index contributed by atoms with van der Waals surface area (Å²) in [6, 6.07) is 0. The molecule has 0 rings (SSSR count). The van der Waals surface area contributed by atoms with Gasteiger partial charge in [0.15, 0.2) is 0 Å². The van der Waals surface area contributed by atoms with E-state index < -0.39 is 7.82 Å². The largest absolute Gasteiger partial charge is 3.00 e. The van der Waals surface area contributed by atoms with Crippen LogP contribution in [-0.2, 0) is 4.57 Å². The second-order valence-corrected chi connectivity index (χ2v) is 1.34. The van der Waals surface area contributed by atoms with Crippen LogP contribution >= 0.6 is 7.82 Å². The fourth-order valence-corrected chi connectivity index (χ4v) is 0. The van der Waals surface area contributed by atoms with Crippen molar-refractivity contribution >= 4 is 7.82 Å². The van der Waals surface area contributed by atoms with Gasteiger partial charge in [-0.1, -0.05) is 0 Å². The van der Waals surface area contributed by atoms with Crippen LogP contribution < -0.4 is 14.7 Å². The molecule has 0 fully saturated rings. The standard InChI is InChI=1S/Dy.H3O4P/c;1-5(2,3)4/h;(H3,1,2,3,4)/q+3;/p-3. The van der Waals surface area contributed by atoms with Gasteiger partial charge < -0.3 is 19.2 Å². The predicted molar refractivity (Wildman–Crippen MR) is 7.61 cm³/mol. The Bertz CT molecular complexity index is 53.7. The molecule has 6 heteroatoms. The van der Waals surface area contributed by atoms with E-state index in [2.05, 4.69) is 0 Å². The zero-order chi connectivity index (χ0) is 4.50. The topological polar surface area (TPSA) is 86.2 Å². The molecule has 39 valence electrons. The number of hydrogen-bond acceptors (Lipinski definition) is 4. The van der Waals surface area contributed by atoms with Gasteiger partial charge in [0.2, 0.25) is 0 Å². The molecule has 0 aromatic rings. The summed E-state index contributed by atoms with van der Waals surface area (Å²) in [5.74, 6) is 0. The van der Waals surface area contributed by atoms with Crippen LogP contribution in [0.4, 0.5) is 0 Å². The molecule has 0 saturated carbocycles. The molecule has 0 aromatic carbocycles. The van der Waals surface area contributed by atoms with Gasteiger partial charge in [-0.15, -0.1) is 0 Å². The molecule has 0 atom stereocenters. The Hall–Kier alpha value is 1.38. The molecule has 4 nitrogen and oxygen atoms in total. The average Bonchev–Trinajstić information content (AvgIpc) is 0.722. The third kappa shape index (κ3) is 54.1. The van der Waals surface area contributed by atoms with Gasteiger partial charge in [0.25, 0.3) is 0 Å². The van der Waals surface area contributed by atoms with Crippen LogP contribution in [0.5, 0.6) is 0 Å². The van der Waals surface area contributed by atoms with Gasteiger partial charge in [-0.2, -0.15) is 7.82 Å². The van der Waals surface area contributed by atoms with Gasteiger partial charge in [0.1, 0.15) is 0 Å². The first-order valence-corrected chi connectivity index (χ1v) is 2.19. The summed E-state index contributed by atoms with van der Waals surface area (Å²) in [5.41, 5.74) is 0. The normalized spacial score (nSPS) is 9.83. The van der Waals surface area contributed by atoms with Crippen molar-refractivity contribution in [3.05, 3.63) is 0 Å². The summed E-state index contributed by atoms with van der Waals surface area (Å²) in [5, 5.41) is 0. The van der Waals surface area contributed by atoms with Gasteiger partial charge in [-0.25, -0.2) is 0 Å². The van der Waals surface area contributed by atoms with Crippen LogP contribution in [0.3, 0.4) is 0 Å². The minimum atomic E-state index is -5.39. The Morgan fingerprint density at radius 2 is 1.17 bits per heavy atom. The van der Waals surface area contributed by atoms with Crippen molar-refractivity contribution in [2.45, 2.75) is 0 Å². The molecule has 0 saturated heterocycles. The summed E-state index contributed by atoms with van der Waals surface area (Å²) in [4.78, 5) is 25.6. The monoisotopic (exact) mass is 259 g/mol. The van der Waals surface area contributed by atoms with Crippen molar-refractivity contribution < 1.29 is 57.4 Å². The van der Waals surface area contributed by atoms with E-state index in [1.54, 1.807) is 0 Å². The molecule has 0 aliphatic heterocycles. The molecule has 0 N–H and O–H groups in total. The van der Waals surface area contributed by atoms with Crippen LogP contribution in [0.15, 0.2) is 0 Å². The first-order valence-electron chi connectivity index (χ1n) is 0.730. The molecule has 0 aliphatic rings. The Balaban J connectivity index is 0. The van der Waals surface area contributed by atoms with Crippen LogP contribution in [0.25, 0.3) is 0 Å². The first kappa shape index (κ1) is 10.4. The maximum atomic E-state index is 8.55. The summed E-state index contributed by atoms with van der Waals surface area (Å²) in [7, 11) is -5.39. The molecule has 0 amide bonds. The molecular formula is DyO4P. The fourth-order valence-electron chi connectivity index (χ4n) is 0. The molecule has 0 aromatic heterocycles. The maximum Gasteiger partial charge on any atom is 3.00 e. The zero-order valence-corrected chi connectivity index (χ0v) is 5.32. The molecule has 6 heavy (non-hydrogen) atoms. The summed E-state index contributed by atoms with van der Waals surface area (Å²) < 4.78 is 8.55. The minimum absolute atomic E-state index is 0. The van der Waals surface area contributed by atoms with Crippen LogP contribution in [0, 0.1) is 38.2 Å². The number of hydrogen-bond donors (Lipinski definition) is 0. The second-order valence-electron chi connectivity index (χ2n) is 0.447. The van der Waals surface area contributed by atoms with Crippen molar-refractivity contribution in [1.29, 1.82) is 0 Å². The van der Waals surface area contributed by atoms with Gasteiger partial charge in [-0.05, 0) is 0 Å². The van der Waals surface area contributed by atoms with Crippen molar-refractivity contribution in [2.75, 3.05) is 0 Å². The predicted octanol–water partition coefficient (Wildman–Crippen LogP) is -2.82. The Labute approximate surface area is 64.8 Å². The van der Waals surface area contributed by atoms with Gasteiger partial charge in [0, 0.05) is 0 Å². The van der Waals surface area contributed by atoms with Gasteiger partial charge >= 0.3 is 38.2 Å². The smallest absolute Gasteiger partial charge is 0.822 e. The second kappa shape index (κ2) is 3.39. The minimum Gasteiger partial charge on any atom is -0.822 e. The van der Waals surface area contributed by atoms with Crippen molar-refractivity contribution in [2.24, 2.45) is 0 Å². The number of phosphoric acid groups is 1. The van der Waals surface area contributed by atoms with Crippen LogP contribution in [0.1, 0.15) is 0 Å². The fraction of sp³-hybridized carbons (Fsp3) is 0. The van der Waals surface area contributed by atoms with E-state index in [0.717, 1.165) is 0 Å². The maximum absolute atomic E-state index is 8.55. The van der Waals surface area contributed by atoms with Crippen LogP contribution in [-0.4, -0.2) is 0 Å². The van der Waals surface area contributed by atoms with Crippen LogP contribution in [0.2, 0.25) is 0 Å². The van der Waals surface area contributed by atoms with Crippen molar-refractivity contribution in [3.8, 4) is 0 Å². The molecule has 0 aliphatic carbocycles. The van der Waals surface area contributed by atoms with E-state index in [1.807, 2.05) is 0 Å². The van der Waals surface area contributed by atoms with Gasteiger partial charge in [-0.3, -0.25) is 0 Å². The quantitative estimate of drug-likeness (QED) is 0.438. The molecule has 0 heterocycles. The SMILES string of the molecule is O=P([O-])([O-])[O-].[Dy+3]. The Morgan fingerprint density at radius 1 is 1.17 bits per heavy atom. The number of rotatable bonds is 0. The Morgan fingerprint density at radius 3 is 1.17 bits per heavy atom. The van der Waals surface area contributed by atoms with E-state index in [9.17, 15) is 0 Å². The van der Waals surface area contributed by atoms with E-state index in [1.165, 1.54) is 0 Å². The summed E-state index contributed by atoms with van der Waals surface area (Å²) in [6.45, 7) is 0.